The molecule has 17 aromatic carbocycles. The van der Waals surface area contributed by atoms with Gasteiger partial charge in [0.15, 0.2) is 0 Å². The van der Waals surface area contributed by atoms with E-state index in [0.717, 1.165) is 44.2 Å². The van der Waals surface area contributed by atoms with Gasteiger partial charge in [-0.2, -0.15) is 0 Å². The van der Waals surface area contributed by atoms with Gasteiger partial charge in [-0.25, -0.2) is 0 Å². The second-order valence-electron chi connectivity index (χ2n) is 24.8. The van der Waals surface area contributed by atoms with E-state index < -0.39 is 0 Å². The predicted octanol–water partition coefficient (Wildman–Crippen LogP) is 25.0. The van der Waals surface area contributed by atoms with Crippen molar-refractivity contribution >= 4 is 97.3 Å². The van der Waals surface area contributed by atoms with E-state index in [1.54, 1.807) is 0 Å². The highest BCUT2D eigenvalue weighted by Crippen LogP contribution is 2.54. The molecule has 0 amide bonds. The van der Waals surface area contributed by atoms with Gasteiger partial charge in [0.25, 0.3) is 0 Å². The van der Waals surface area contributed by atoms with E-state index in [0.29, 0.717) is 0 Å². The molecule has 0 saturated heterocycles. The normalized spacial score (nSPS) is 12.3. The Morgan fingerprint density at radius 2 is 0.449 bits per heavy atom. The maximum absolute atomic E-state index is 6.63. The van der Waals surface area contributed by atoms with Crippen LogP contribution in [0.1, 0.15) is 0 Å². The fourth-order valence-corrected chi connectivity index (χ4v) is 15.3. The zero-order chi connectivity index (χ0) is 58.0. The van der Waals surface area contributed by atoms with Crippen molar-refractivity contribution in [3.63, 3.8) is 0 Å². The predicted molar refractivity (Wildman–Crippen MR) is 378 cm³/mol. The lowest BCUT2D eigenvalue weighted by Gasteiger charge is -2.15. The van der Waals surface area contributed by atoms with Crippen molar-refractivity contribution in [2.24, 2.45) is 0 Å². The Kier molecular flexibility index (Phi) is 10.1. The van der Waals surface area contributed by atoms with Gasteiger partial charge in [0.2, 0.25) is 0 Å². The molecule has 0 saturated carbocycles. The van der Waals surface area contributed by atoms with Gasteiger partial charge in [0, 0.05) is 10.8 Å². The molecular formula is C88H50O. The summed E-state index contributed by atoms with van der Waals surface area (Å²) in [7, 11) is 0. The maximum Gasteiger partial charge on any atom is 0.136 e. The quantitative estimate of drug-likeness (QED) is 0.162. The Morgan fingerprint density at radius 3 is 0.933 bits per heavy atom. The second-order valence-corrected chi connectivity index (χ2v) is 24.8. The maximum atomic E-state index is 6.63. The molecule has 0 atom stereocenters. The van der Waals surface area contributed by atoms with Crippen molar-refractivity contribution in [1.82, 2.24) is 0 Å². The summed E-state index contributed by atoms with van der Waals surface area (Å²) in [6.07, 6.45) is 0. The van der Waals surface area contributed by atoms with Crippen LogP contribution in [-0.4, -0.2) is 0 Å². The van der Waals surface area contributed by atoms with Crippen LogP contribution in [0, 0.1) is 0 Å². The van der Waals surface area contributed by atoms with Gasteiger partial charge in [-0.15, -0.1) is 0 Å². The Morgan fingerprint density at radius 1 is 0.146 bits per heavy atom. The van der Waals surface area contributed by atoms with E-state index in [9.17, 15) is 0 Å². The molecule has 0 unspecified atom stereocenters. The van der Waals surface area contributed by atoms with Crippen LogP contribution in [0.2, 0.25) is 0 Å². The molecule has 18 aromatic rings. The standard InChI is InChI=1S/C88H50O/c1-2-12-51(13-3-1)69-36-73-38-71(48-83-77-42-56-18-8-6-16-54(56)40-75(77)81(46-69)87(73)83)67-33-66(65-28-29-85-79(45-65)80-44-58-20-10-11-21-59(58)50-86(80)89-85)34-68(35-67)72-39-74-37-70(47-82-76-41-55-17-7-9-19-57(55)43-78(76)84(49-72)88(74)82)64-27-26-62-31-61(24-25-63(62)32-64)60-23-22-52-14-4-5-15-53(52)30-60/h1-50H. The molecule has 20 rings (SSSR count). The van der Waals surface area contributed by atoms with E-state index in [1.807, 2.05) is 0 Å². The highest BCUT2D eigenvalue weighted by molar-refractivity contribution is 6.22. The van der Waals surface area contributed by atoms with Crippen molar-refractivity contribution in [3.8, 4) is 111 Å². The summed E-state index contributed by atoms with van der Waals surface area (Å²) in [5.41, 5.74) is 26.3. The first-order valence-corrected chi connectivity index (χ1v) is 30.9. The lowest BCUT2D eigenvalue weighted by atomic mass is 9.88. The van der Waals surface area contributed by atoms with Crippen LogP contribution in [0.3, 0.4) is 0 Å². The average Bonchev–Trinajstić information content (AvgIpc) is 1.63. The Hall–Kier alpha value is -11.6. The largest absolute Gasteiger partial charge is 0.456 e. The molecule has 0 N–H and O–H groups in total. The van der Waals surface area contributed by atoms with E-state index in [1.165, 1.54) is 164 Å². The van der Waals surface area contributed by atoms with Crippen LogP contribution in [0.4, 0.5) is 0 Å². The lowest BCUT2D eigenvalue weighted by Crippen LogP contribution is -1.89. The fraction of sp³-hybridized carbons (Fsp3) is 0. The zero-order valence-corrected chi connectivity index (χ0v) is 48.3. The number of hydrogen-bond acceptors (Lipinski definition) is 1. The van der Waals surface area contributed by atoms with Crippen LogP contribution in [-0.2, 0) is 0 Å². The molecule has 2 aliphatic carbocycles. The van der Waals surface area contributed by atoms with Crippen molar-refractivity contribution in [2.45, 2.75) is 0 Å². The smallest absolute Gasteiger partial charge is 0.136 e. The average molecular weight is 1120 g/mol. The van der Waals surface area contributed by atoms with Crippen molar-refractivity contribution < 1.29 is 4.42 Å². The van der Waals surface area contributed by atoms with Crippen molar-refractivity contribution in [2.75, 3.05) is 0 Å². The third-order valence-corrected chi connectivity index (χ3v) is 19.7. The van der Waals surface area contributed by atoms with Gasteiger partial charge in [-0.05, 0) is 320 Å². The molecule has 1 nitrogen and oxygen atoms in total. The van der Waals surface area contributed by atoms with Gasteiger partial charge in [0.05, 0.1) is 0 Å². The van der Waals surface area contributed by atoms with Gasteiger partial charge in [0.1, 0.15) is 11.2 Å². The molecule has 408 valence electrons. The minimum Gasteiger partial charge on any atom is -0.456 e. The number of furan rings is 1. The number of hydrogen-bond donors (Lipinski definition) is 0. The minimum atomic E-state index is 0.886. The summed E-state index contributed by atoms with van der Waals surface area (Å²) in [4.78, 5) is 0. The third-order valence-electron chi connectivity index (χ3n) is 19.7. The van der Waals surface area contributed by atoms with Gasteiger partial charge in [-0.1, -0.05) is 170 Å². The number of benzene rings is 17. The molecule has 2 aliphatic rings. The SMILES string of the molecule is c1ccc(-c2cc3c4c(cc(-c5cc(-c6cc7c8c(cc(-c9ccc%10cc(-c%11ccc%12ccccc%12c%11)ccc%10c9)cc8c6)-c6cc8ccccc8cc6-7)cc(-c6ccc7oc8cc9ccccc9cc8c7c6)c5)cc4c2)-c2cc4ccccc4cc2-3)cc1. The highest BCUT2D eigenvalue weighted by Gasteiger charge is 2.28. The molecule has 1 heteroatoms. The van der Waals surface area contributed by atoms with Crippen LogP contribution < -0.4 is 0 Å². The van der Waals surface area contributed by atoms with Crippen LogP contribution in [0.5, 0.6) is 0 Å². The molecular weight excluding hydrogens is 1070 g/mol. The molecule has 0 fully saturated rings. The van der Waals surface area contributed by atoms with E-state index in [4.69, 9.17) is 4.42 Å². The molecule has 1 aromatic heterocycles. The van der Waals surface area contributed by atoms with Crippen molar-refractivity contribution in [1.29, 1.82) is 0 Å². The van der Waals surface area contributed by atoms with Gasteiger partial charge < -0.3 is 4.42 Å². The molecule has 1 heterocycles. The van der Waals surface area contributed by atoms with E-state index in [2.05, 4.69) is 303 Å². The fourth-order valence-electron chi connectivity index (χ4n) is 15.3. The lowest BCUT2D eigenvalue weighted by molar-refractivity contribution is 0.669. The van der Waals surface area contributed by atoms with Crippen LogP contribution in [0.15, 0.2) is 308 Å². The first-order valence-electron chi connectivity index (χ1n) is 30.9. The summed E-state index contributed by atoms with van der Waals surface area (Å²) in [6, 6.07) is 114. The number of rotatable bonds is 6. The minimum absolute atomic E-state index is 0.886. The number of fused-ring (bicyclic) bond motifs is 14. The monoisotopic (exact) mass is 1120 g/mol. The van der Waals surface area contributed by atoms with E-state index >= 15 is 0 Å². The topological polar surface area (TPSA) is 13.1 Å². The summed E-state index contributed by atoms with van der Waals surface area (Å²) >= 11 is 0. The molecule has 0 radical (unpaired) electrons. The van der Waals surface area contributed by atoms with Crippen LogP contribution >= 0.6 is 0 Å². The summed E-state index contributed by atoms with van der Waals surface area (Å²) in [5.74, 6) is 0. The zero-order valence-electron chi connectivity index (χ0n) is 48.3. The Labute approximate surface area is 513 Å². The Bertz CT molecular complexity index is 6150. The highest BCUT2D eigenvalue weighted by atomic mass is 16.3. The van der Waals surface area contributed by atoms with Gasteiger partial charge in [-0.3, -0.25) is 0 Å². The molecule has 89 heavy (non-hydrogen) atoms. The summed E-state index contributed by atoms with van der Waals surface area (Å²) < 4.78 is 6.63. The second kappa shape index (κ2) is 18.4. The van der Waals surface area contributed by atoms with Gasteiger partial charge >= 0.3 is 0 Å². The van der Waals surface area contributed by atoms with E-state index in [-0.39, 0.29) is 0 Å². The molecule has 0 bridgehead atoms. The summed E-state index contributed by atoms with van der Waals surface area (Å²) in [5, 5.41) is 19.6. The Balaban J connectivity index is 0.805. The first kappa shape index (κ1) is 48.6. The first-order chi connectivity index (χ1) is 44.0. The molecule has 0 spiro atoms. The van der Waals surface area contributed by atoms with Crippen LogP contribution in [0.25, 0.3) is 209 Å². The van der Waals surface area contributed by atoms with Crippen molar-refractivity contribution in [3.05, 3.63) is 303 Å². The third kappa shape index (κ3) is 7.56. The molecule has 0 aliphatic heterocycles. The summed E-state index contributed by atoms with van der Waals surface area (Å²) in [6.45, 7) is 0.